The zero-order valence-corrected chi connectivity index (χ0v) is 12.1. The van der Waals surface area contributed by atoms with E-state index in [1.165, 1.54) is 13.0 Å². The molecule has 0 spiro atoms. The van der Waals surface area contributed by atoms with Crippen LogP contribution in [0.4, 0.5) is 5.69 Å². The fourth-order valence-corrected chi connectivity index (χ4v) is 1.99. The van der Waals surface area contributed by atoms with Crippen LogP contribution in [0.25, 0.3) is 6.08 Å². The first kappa shape index (κ1) is 15.4. The topological polar surface area (TPSA) is 70.5 Å². The molecule has 0 radical (unpaired) electrons. The number of carbonyl (C=O) groups excluding carboxylic acids is 1. The summed E-state index contributed by atoms with van der Waals surface area (Å²) in [4.78, 5) is 28.0. The van der Waals surface area contributed by atoms with Crippen LogP contribution in [0, 0.1) is 0 Å². The normalized spacial score (nSPS) is 10.6. The van der Waals surface area contributed by atoms with Gasteiger partial charge in [-0.3, -0.25) is 9.78 Å². The van der Waals surface area contributed by atoms with E-state index in [4.69, 9.17) is 5.11 Å². The van der Waals surface area contributed by atoms with Crippen molar-refractivity contribution in [3.8, 4) is 0 Å². The predicted octanol–water partition coefficient (Wildman–Crippen LogP) is 2.73. The number of rotatable bonds is 5. The van der Waals surface area contributed by atoms with Crippen molar-refractivity contribution in [3.05, 3.63) is 66.0 Å². The van der Waals surface area contributed by atoms with Gasteiger partial charge in [-0.15, -0.1) is 0 Å². The number of carboxylic acids is 1. The third-order valence-electron chi connectivity index (χ3n) is 3.07. The van der Waals surface area contributed by atoms with Crippen molar-refractivity contribution in [3.63, 3.8) is 0 Å². The molecule has 0 saturated carbocycles. The molecule has 2 rings (SSSR count). The van der Waals surface area contributed by atoms with Gasteiger partial charge in [0, 0.05) is 31.1 Å². The SMILES string of the molecule is CC(=O)N(Cc1cccnc1)c1ccc(/C=C/C(=O)O)cc1. The van der Waals surface area contributed by atoms with E-state index in [2.05, 4.69) is 4.98 Å². The fraction of sp³-hybridized carbons (Fsp3) is 0.118. The number of nitrogens with zero attached hydrogens (tertiary/aromatic N) is 2. The van der Waals surface area contributed by atoms with Gasteiger partial charge in [-0.05, 0) is 35.4 Å². The average Bonchev–Trinajstić information content (AvgIpc) is 2.52. The van der Waals surface area contributed by atoms with E-state index in [9.17, 15) is 9.59 Å². The molecule has 112 valence electrons. The molecule has 2 aromatic rings. The summed E-state index contributed by atoms with van der Waals surface area (Å²) in [7, 11) is 0. The Balaban J connectivity index is 2.19. The van der Waals surface area contributed by atoms with Gasteiger partial charge in [0.05, 0.1) is 6.54 Å². The lowest BCUT2D eigenvalue weighted by molar-refractivity contribution is -0.131. The van der Waals surface area contributed by atoms with Gasteiger partial charge in [-0.1, -0.05) is 18.2 Å². The van der Waals surface area contributed by atoms with Crippen LogP contribution in [-0.4, -0.2) is 22.0 Å². The number of amides is 1. The Hall–Kier alpha value is -2.95. The first-order valence-electron chi connectivity index (χ1n) is 6.74. The number of carbonyl (C=O) groups is 2. The Kier molecular flexibility index (Phi) is 5.03. The number of aliphatic carboxylic acids is 1. The number of benzene rings is 1. The molecule has 0 aliphatic carbocycles. The summed E-state index contributed by atoms with van der Waals surface area (Å²) in [6, 6.07) is 10.9. The smallest absolute Gasteiger partial charge is 0.328 e. The summed E-state index contributed by atoms with van der Waals surface area (Å²) in [5.41, 5.74) is 2.45. The Morgan fingerprint density at radius 1 is 1.23 bits per heavy atom. The monoisotopic (exact) mass is 296 g/mol. The highest BCUT2D eigenvalue weighted by molar-refractivity contribution is 5.91. The van der Waals surface area contributed by atoms with Gasteiger partial charge >= 0.3 is 5.97 Å². The maximum Gasteiger partial charge on any atom is 0.328 e. The van der Waals surface area contributed by atoms with Crippen LogP contribution in [0.1, 0.15) is 18.1 Å². The van der Waals surface area contributed by atoms with E-state index in [0.29, 0.717) is 6.54 Å². The molecule has 0 bridgehead atoms. The largest absolute Gasteiger partial charge is 0.478 e. The van der Waals surface area contributed by atoms with Crippen molar-refractivity contribution >= 4 is 23.6 Å². The standard InChI is InChI=1S/C17H16N2O3/c1-13(20)19(12-15-3-2-10-18-11-15)16-7-4-14(5-8-16)6-9-17(21)22/h2-11H,12H2,1H3,(H,21,22)/b9-6+. The molecule has 0 atom stereocenters. The summed E-state index contributed by atoms with van der Waals surface area (Å²) >= 11 is 0. The Morgan fingerprint density at radius 2 is 1.95 bits per heavy atom. The number of aromatic nitrogens is 1. The number of anilines is 1. The van der Waals surface area contributed by atoms with Crippen LogP contribution >= 0.6 is 0 Å². The minimum absolute atomic E-state index is 0.0716. The van der Waals surface area contributed by atoms with Gasteiger partial charge in [0.1, 0.15) is 0 Å². The van der Waals surface area contributed by atoms with E-state index in [0.717, 1.165) is 22.9 Å². The lowest BCUT2D eigenvalue weighted by Crippen LogP contribution is -2.27. The summed E-state index contributed by atoms with van der Waals surface area (Å²) < 4.78 is 0. The molecule has 1 N–H and O–H groups in total. The Bertz CT molecular complexity index is 679. The second kappa shape index (κ2) is 7.17. The van der Waals surface area contributed by atoms with E-state index < -0.39 is 5.97 Å². The maximum absolute atomic E-state index is 11.9. The second-order valence-electron chi connectivity index (χ2n) is 4.73. The molecular formula is C17H16N2O3. The van der Waals surface area contributed by atoms with E-state index in [1.807, 2.05) is 12.1 Å². The first-order chi connectivity index (χ1) is 10.6. The zero-order valence-electron chi connectivity index (χ0n) is 12.1. The third kappa shape index (κ3) is 4.28. The second-order valence-corrected chi connectivity index (χ2v) is 4.73. The van der Waals surface area contributed by atoms with Gasteiger partial charge in [-0.25, -0.2) is 4.79 Å². The summed E-state index contributed by atoms with van der Waals surface area (Å²) in [6.07, 6.45) is 5.99. The molecule has 5 nitrogen and oxygen atoms in total. The Labute approximate surface area is 128 Å². The molecule has 0 aliphatic rings. The predicted molar refractivity (Wildman–Crippen MR) is 84.2 cm³/mol. The highest BCUT2D eigenvalue weighted by Crippen LogP contribution is 2.19. The summed E-state index contributed by atoms with van der Waals surface area (Å²) in [6.45, 7) is 1.95. The lowest BCUT2D eigenvalue weighted by Gasteiger charge is -2.21. The van der Waals surface area contributed by atoms with Crippen LogP contribution in [0.5, 0.6) is 0 Å². The van der Waals surface area contributed by atoms with Crippen molar-refractivity contribution in [1.82, 2.24) is 4.98 Å². The highest BCUT2D eigenvalue weighted by atomic mass is 16.4. The van der Waals surface area contributed by atoms with Crippen molar-refractivity contribution in [2.24, 2.45) is 0 Å². The molecule has 5 heteroatoms. The molecular weight excluding hydrogens is 280 g/mol. The van der Waals surface area contributed by atoms with Crippen LogP contribution in [0.2, 0.25) is 0 Å². The highest BCUT2D eigenvalue weighted by Gasteiger charge is 2.11. The van der Waals surface area contributed by atoms with Crippen LogP contribution in [0.15, 0.2) is 54.9 Å². The summed E-state index contributed by atoms with van der Waals surface area (Å²) in [5.74, 6) is -1.07. The Morgan fingerprint density at radius 3 is 2.50 bits per heavy atom. The minimum atomic E-state index is -0.994. The molecule has 1 aromatic carbocycles. The molecule has 22 heavy (non-hydrogen) atoms. The van der Waals surface area contributed by atoms with E-state index in [-0.39, 0.29) is 5.91 Å². The third-order valence-corrected chi connectivity index (χ3v) is 3.07. The first-order valence-corrected chi connectivity index (χ1v) is 6.74. The number of hydrogen-bond donors (Lipinski definition) is 1. The zero-order chi connectivity index (χ0) is 15.9. The number of hydrogen-bond acceptors (Lipinski definition) is 3. The van der Waals surface area contributed by atoms with Gasteiger partial charge in [0.2, 0.25) is 5.91 Å². The molecule has 0 aliphatic heterocycles. The van der Waals surface area contributed by atoms with Crippen LogP contribution in [-0.2, 0) is 16.1 Å². The molecule has 1 aromatic heterocycles. The molecule has 1 heterocycles. The van der Waals surface area contributed by atoms with Gasteiger partial charge in [0.25, 0.3) is 0 Å². The molecule has 0 fully saturated rings. The molecule has 0 unspecified atom stereocenters. The van der Waals surface area contributed by atoms with Crippen molar-refractivity contribution in [2.75, 3.05) is 4.90 Å². The molecule has 0 saturated heterocycles. The van der Waals surface area contributed by atoms with Gasteiger partial charge in [-0.2, -0.15) is 0 Å². The number of carboxylic acid groups (broad SMARTS) is 1. The lowest BCUT2D eigenvalue weighted by atomic mass is 10.1. The van der Waals surface area contributed by atoms with Crippen molar-refractivity contribution < 1.29 is 14.7 Å². The molecule has 1 amide bonds. The quantitative estimate of drug-likeness (QED) is 0.861. The maximum atomic E-state index is 11.9. The minimum Gasteiger partial charge on any atom is -0.478 e. The number of pyridine rings is 1. The van der Waals surface area contributed by atoms with Gasteiger partial charge in [0.15, 0.2) is 0 Å². The average molecular weight is 296 g/mol. The summed E-state index contributed by atoms with van der Waals surface area (Å²) in [5, 5.41) is 8.61. The fourth-order valence-electron chi connectivity index (χ4n) is 1.99. The van der Waals surface area contributed by atoms with Crippen molar-refractivity contribution in [1.29, 1.82) is 0 Å². The van der Waals surface area contributed by atoms with Crippen molar-refractivity contribution in [2.45, 2.75) is 13.5 Å². The van der Waals surface area contributed by atoms with E-state index >= 15 is 0 Å². The van der Waals surface area contributed by atoms with Crippen LogP contribution < -0.4 is 4.90 Å². The van der Waals surface area contributed by atoms with E-state index in [1.54, 1.807) is 41.6 Å². The van der Waals surface area contributed by atoms with Gasteiger partial charge < -0.3 is 10.0 Å². The van der Waals surface area contributed by atoms with Crippen LogP contribution in [0.3, 0.4) is 0 Å².